The number of Topliss-reactive ketones (excluding diaryl/α,β-unsaturated/α-hetero) is 1. The number of amides is 2. The van der Waals surface area contributed by atoms with Crippen LogP contribution in [-0.4, -0.2) is 71.0 Å². The lowest BCUT2D eigenvalue weighted by molar-refractivity contribution is -0.154. The molecule has 0 aliphatic heterocycles. The van der Waals surface area contributed by atoms with Crippen LogP contribution in [0.4, 0.5) is 30.8 Å². The maximum absolute atomic E-state index is 13.4. The second-order valence-electron chi connectivity index (χ2n) is 14.4. The van der Waals surface area contributed by atoms with Gasteiger partial charge in [-0.05, 0) is 98.7 Å². The van der Waals surface area contributed by atoms with Crippen LogP contribution >= 0.6 is 11.6 Å². The third-order valence-corrected chi connectivity index (χ3v) is 10.1. The fourth-order valence-electron chi connectivity index (χ4n) is 6.05. The molecule has 3 aromatic rings. The van der Waals surface area contributed by atoms with Gasteiger partial charge < -0.3 is 36.6 Å². The molecule has 0 radical (unpaired) electrons. The number of alkyl halides is 3. The average Bonchev–Trinajstić information content (AvgIpc) is 4.02. The summed E-state index contributed by atoms with van der Waals surface area (Å²) in [7, 11) is 0. The minimum absolute atomic E-state index is 0.00672. The molecule has 55 heavy (non-hydrogen) atoms. The molecule has 0 unspecified atom stereocenters. The molecule has 3 saturated carbocycles. The van der Waals surface area contributed by atoms with Crippen LogP contribution < -0.4 is 36.6 Å². The van der Waals surface area contributed by atoms with Crippen molar-refractivity contribution in [3.05, 3.63) is 88.2 Å². The van der Waals surface area contributed by atoms with Crippen molar-refractivity contribution in [1.82, 2.24) is 36.2 Å². The van der Waals surface area contributed by atoms with Crippen LogP contribution in [0.1, 0.15) is 60.9 Å². The second-order valence-corrected chi connectivity index (χ2v) is 14.8. The van der Waals surface area contributed by atoms with Gasteiger partial charge in [-0.15, -0.1) is 0 Å². The van der Waals surface area contributed by atoms with Crippen LogP contribution in [0.5, 0.6) is 6.01 Å². The minimum atomic E-state index is -4.61. The predicted octanol–water partition coefficient (Wildman–Crippen LogP) is 5.27. The molecule has 290 valence electrons. The van der Waals surface area contributed by atoms with Crippen molar-refractivity contribution in [2.45, 2.75) is 62.7 Å². The Hall–Kier alpha value is -5.38. The number of carbonyl (C=O) groups is 3. The van der Waals surface area contributed by atoms with Crippen LogP contribution in [-0.2, 0) is 15.1 Å². The van der Waals surface area contributed by atoms with E-state index in [0.29, 0.717) is 46.1 Å². The van der Waals surface area contributed by atoms with Crippen LogP contribution in [0.2, 0.25) is 5.02 Å². The summed E-state index contributed by atoms with van der Waals surface area (Å²) < 4.78 is 43.9. The van der Waals surface area contributed by atoms with Crippen molar-refractivity contribution < 1.29 is 32.3 Å². The van der Waals surface area contributed by atoms with E-state index in [4.69, 9.17) is 16.3 Å². The first kappa shape index (κ1) is 37.9. The number of carbonyl (C=O) groups excluding carboxylic acids is 3. The zero-order valence-electron chi connectivity index (χ0n) is 29.8. The van der Waals surface area contributed by atoms with Gasteiger partial charge in [0.05, 0.1) is 11.2 Å². The largest absolute Gasteiger partial charge is 0.454 e. The number of benzene rings is 2. The quantitative estimate of drug-likeness (QED) is 0.0877. The summed E-state index contributed by atoms with van der Waals surface area (Å²) in [6.45, 7) is 3.81. The Balaban J connectivity index is 1.00. The lowest BCUT2D eigenvalue weighted by Gasteiger charge is -2.27. The monoisotopic (exact) mass is 779 g/mol. The highest BCUT2D eigenvalue weighted by atomic mass is 35.5. The molecule has 4 aliphatic rings. The fraction of sp³-hybridized carbons (Fsp3) is 0.421. The van der Waals surface area contributed by atoms with E-state index in [9.17, 15) is 27.6 Å². The molecule has 1 heterocycles. The molecule has 1 atom stereocenters. The van der Waals surface area contributed by atoms with Gasteiger partial charge in [0.15, 0.2) is 6.61 Å². The Kier molecular flexibility index (Phi) is 10.9. The van der Waals surface area contributed by atoms with Gasteiger partial charge in [-0.2, -0.15) is 28.1 Å². The topological polar surface area (TPSA) is 171 Å². The van der Waals surface area contributed by atoms with Gasteiger partial charge in [0, 0.05) is 41.5 Å². The molecule has 7 rings (SSSR count). The molecule has 3 fully saturated rings. The summed E-state index contributed by atoms with van der Waals surface area (Å²) >= 11 is 6.05. The standard InChI is InChI=1S/C38H41ClF3N9O4/c1-21-29(44-18-22-2-3-22)30(31(21)52)43-17-14-28(33(54)45-19-23-4-5-23)47-32(53)24-6-12-27(13-7-24)46-34-48-35(50-36(49-34)55-20-38(40,41)42)51-37(15-16-37)25-8-10-26(39)11-9-25/h6-13,22-23,28,43-44H,1-5,14-20H2,(H,45,54)(H,47,53)(H2,46,48,49,50,51)/t28-/m0/s1. The molecule has 17 heteroatoms. The zero-order chi connectivity index (χ0) is 38.7. The Morgan fingerprint density at radius 1 is 0.909 bits per heavy atom. The number of halogens is 4. The van der Waals surface area contributed by atoms with Crippen molar-refractivity contribution in [2.75, 3.05) is 36.9 Å². The van der Waals surface area contributed by atoms with Gasteiger partial charge in [-0.3, -0.25) is 14.4 Å². The minimum Gasteiger partial charge on any atom is -0.454 e. The number of allylic oxidation sites excluding steroid dienone is 2. The van der Waals surface area contributed by atoms with E-state index in [-0.39, 0.29) is 42.1 Å². The van der Waals surface area contributed by atoms with Gasteiger partial charge in [-0.25, -0.2) is 0 Å². The van der Waals surface area contributed by atoms with Gasteiger partial charge in [0.1, 0.15) is 11.7 Å². The molecule has 2 aromatic carbocycles. The molecular formula is C38H41ClF3N9O4. The highest BCUT2D eigenvalue weighted by Crippen LogP contribution is 2.48. The normalized spacial score (nSPS) is 17.8. The van der Waals surface area contributed by atoms with Crippen LogP contribution in [0, 0.1) is 11.8 Å². The van der Waals surface area contributed by atoms with E-state index in [0.717, 1.165) is 50.6 Å². The number of nitrogens with zero attached hydrogens (tertiary/aromatic N) is 3. The van der Waals surface area contributed by atoms with E-state index in [1.165, 1.54) is 12.1 Å². The number of anilines is 3. The van der Waals surface area contributed by atoms with Crippen molar-refractivity contribution in [3.63, 3.8) is 0 Å². The SMILES string of the molecule is C=C1C(=O)C(NCC[C@H](NC(=O)c2ccc(Nc3nc(NC4(c5ccc(Cl)cc5)CC4)nc(OCC(F)(F)F)n3)cc2)C(=O)NCC2CC2)=C1NCC1CC1. The summed E-state index contributed by atoms with van der Waals surface area (Å²) in [5.41, 5.74) is 2.62. The molecule has 6 N–H and O–H groups in total. The number of ketones is 1. The molecule has 0 spiro atoms. The summed E-state index contributed by atoms with van der Waals surface area (Å²) in [5, 5.41) is 18.9. The third-order valence-electron chi connectivity index (χ3n) is 9.82. The van der Waals surface area contributed by atoms with Crippen molar-refractivity contribution in [3.8, 4) is 6.01 Å². The highest BCUT2D eigenvalue weighted by molar-refractivity contribution is 6.30. The Morgan fingerprint density at radius 2 is 1.58 bits per heavy atom. The van der Waals surface area contributed by atoms with E-state index in [1.54, 1.807) is 24.3 Å². The molecule has 13 nitrogen and oxygen atoms in total. The van der Waals surface area contributed by atoms with E-state index >= 15 is 0 Å². The Bertz CT molecular complexity index is 1980. The lowest BCUT2D eigenvalue weighted by atomic mass is 9.92. The number of aromatic nitrogens is 3. The van der Waals surface area contributed by atoms with Crippen LogP contribution in [0.15, 0.2) is 72.1 Å². The Morgan fingerprint density at radius 3 is 2.24 bits per heavy atom. The second kappa shape index (κ2) is 15.8. The van der Waals surface area contributed by atoms with Crippen LogP contribution in [0.25, 0.3) is 0 Å². The number of hydrogen-bond acceptors (Lipinski definition) is 11. The Labute approximate surface area is 320 Å². The average molecular weight is 780 g/mol. The first-order valence-electron chi connectivity index (χ1n) is 18.3. The number of hydrogen-bond donors (Lipinski definition) is 6. The molecule has 0 bridgehead atoms. The molecule has 0 saturated heterocycles. The van der Waals surface area contributed by atoms with E-state index in [2.05, 4.69) is 53.4 Å². The van der Waals surface area contributed by atoms with Crippen molar-refractivity contribution >= 4 is 46.8 Å². The lowest BCUT2D eigenvalue weighted by Crippen LogP contribution is -2.49. The van der Waals surface area contributed by atoms with Gasteiger partial charge in [0.2, 0.25) is 23.6 Å². The third kappa shape index (κ3) is 10.0. The number of ether oxygens (including phenoxy) is 1. The van der Waals surface area contributed by atoms with Gasteiger partial charge in [0.25, 0.3) is 5.91 Å². The highest BCUT2D eigenvalue weighted by Gasteiger charge is 2.45. The van der Waals surface area contributed by atoms with Gasteiger partial charge in [-0.1, -0.05) is 30.3 Å². The summed E-state index contributed by atoms with van der Waals surface area (Å²) in [5.74, 6) is -0.0349. The summed E-state index contributed by atoms with van der Waals surface area (Å²) in [6.07, 6.45) is 1.49. The summed E-state index contributed by atoms with van der Waals surface area (Å²) in [6, 6.07) is 12.0. The van der Waals surface area contributed by atoms with E-state index in [1.807, 2.05) is 12.1 Å². The molecule has 2 amide bonds. The maximum Gasteiger partial charge on any atom is 0.422 e. The summed E-state index contributed by atoms with van der Waals surface area (Å²) in [4.78, 5) is 51.5. The number of nitrogens with one attached hydrogen (secondary N) is 6. The predicted molar refractivity (Wildman–Crippen MR) is 199 cm³/mol. The number of rotatable bonds is 19. The first-order chi connectivity index (χ1) is 26.3. The molecular weight excluding hydrogens is 739 g/mol. The maximum atomic E-state index is 13.4. The smallest absolute Gasteiger partial charge is 0.422 e. The van der Waals surface area contributed by atoms with Crippen LogP contribution in [0.3, 0.4) is 0 Å². The van der Waals surface area contributed by atoms with E-state index < -0.39 is 36.3 Å². The van der Waals surface area contributed by atoms with Crippen molar-refractivity contribution in [2.24, 2.45) is 11.8 Å². The fourth-order valence-corrected chi connectivity index (χ4v) is 6.17. The molecule has 4 aliphatic carbocycles. The first-order valence-corrected chi connectivity index (χ1v) is 18.6. The van der Waals surface area contributed by atoms with Crippen molar-refractivity contribution in [1.29, 1.82) is 0 Å². The molecule has 1 aromatic heterocycles. The zero-order valence-corrected chi connectivity index (χ0v) is 30.6. The van der Waals surface area contributed by atoms with Gasteiger partial charge >= 0.3 is 12.2 Å².